The molecule has 11 heavy (non-hydrogen) atoms. The molecule has 1 nitrogen and oxygen atoms in total. The highest BCUT2D eigenvalue weighted by Gasteiger charge is 2.13. The van der Waals surface area contributed by atoms with Crippen LogP contribution >= 0.6 is 12.4 Å². The van der Waals surface area contributed by atoms with Gasteiger partial charge in [0.15, 0.2) is 0 Å². The number of rotatable bonds is 3. The van der Waals surface area contributed by atoms with Crippen LogP contribution < -0.4 is 5.32 Å². The van der Waals surface area contributed by atoms with Crippen molar-refractivity contribution >= 4 is 12.4 Å². The van der Waals surface area contributed by atoms with Gasteiger partial charge in [0.2, 0.25) is 0 Å². The maximum atomic E-state index is 3.15. The summed E-state index contributed by atoms with van der Waals surface area (Å²) >= 11 is 0. The van der Waals surface area contributed by atoms with Crippen molar-refractivity contribution < 1.29 is 0 Å². The summed E-state index contributed by atoms with van der Waals surface area (Å²) < 4.78 is 0. The summed E-state index contributed by atoms with van der Waals surface area (Å²) in [6, 6.07) is 0. The van der Waals surface area contributed by atoms with Gasteiger partial charge in [-0.2, -0.15) is 0 Å². The predicted octanol–water partition coefficient (Wildman–Crippen LogP) is 2.07. The number of hydrogen-bond acceptors (Lipinski definition) is 1. The lowest BCUT2D eigenvalue weighted by molar-refractivity contribution is 0.363. The molecule has 0 fully saturated rings. The molecule has 0 aromatic heterocycles. The van der Waals surface area contributed by atoms with Gasteiger partial charge >= 0.3 is 0 Å². The summed E-state index contributed by atoms with van der Waals surface area (Å²) in [5.74, 6) is 5.99. The Morgan fingerprint density at radius 3 is 2.27 bits per heavy atom. The van der Waals surface area contributed by atoms with E-state index >= 15 is 0 Å². The Labute approximate surface area is 76.4 Å². The van der Waals surface area contributed by atoms with Gasteiger partial charge < -0.3 is 5.32 Å². The number of halogens is 1. The zero-order chi connectivity index (χ0) is 8.04. The first-order valence-corrected chi connectivity index (χ1v) is 3.66. The van der Waals surface area contributed by atoms with Crippen molar-refractivity contribution in [2.24, 2.45) is 5.41 Å². The third-order valence-corrected chi connectivity index (χ3v) is 1.40. The van der Waals surface area contributed by atoms with E-state index in [1.54, 1.807) is 0 Å². The van der Waals surface area contributed by atoms with Gasteiger partial charge in [0, 0.05) is 13.0 Å². The van der Waals surface area contributed by atoms with E-state index < -0.39 is 0 Å². The summed E-state index contributed by atoms with van der Waals surface area (Å²) in [5.41, 5.74) is 0.317. The monoisotopic (exact) mass is 175 g/mol. The van der Waals surface area contributed by atoms with Crippen LogP contribution in [0.15, 0.2) is 0 Å². The highest BCUT2D eigenvalue weighted by molar-refractivity contribution is 5.85. The van der Waals surface area contributed by atoms with Gasteiger partial charge in [-0.3, -0.25) is 0 Å². The Morgan fingerprint density at radius 2 is 1.91 bits per heavy atom. The predicted molar refractivity (Wildman–Crippen MR) is 53.0 cm³/mol. The lowest BCUT2D eigenvalue weighted by Gasteiger charge is -2.20. The molecule has 0 heterocycles. The van der Waals surface area contributed by atoms with Crippen molar-refractivity contribution in [1.29, 1.82) is 0 Å². The molecule has 0 aliphatic rings. The average Bonchev–Trinajstić information content (AvgIpc) is 1.84. The van der Waals surface area contributed by atoms with Crippen molar-refractivity contribution in [2.75, 3.05) is 13.6 Å². The summed E-state index contributed by atoms with van der Waals surface area (Å²) in [5, 5.41) is 3.15. The molecule has 0 saturated carbocycles. The number of nitrogens with one attached hydrogen (secondary N) is 1. The first-order chi connectivity index (χ1) is 4.62. The molecule has 0 aromatic carbocycles. The SMILES string of the molecule is CC#CCC(C)(C)CNC.Cl. The van der Waals surface area contributed by atoms with Crippen LogP contribution in [0.5, 0.6) is 0 Å². The van der Waals surface area contributed by atoms with Crippen LogP contribution in [0.1, 0.15) is 27.2 Å². The lowest BCUT2D eigenvalue weighted by Crippen LogP contribution is -2.26. The Hall–Kier alpha value is -0.190. The van der Waals surface area contributed by atoms with Crippen LogP contribution in [0.25, 0.3) is 0 Å². The van der Waals surface area contributed by atoms with Gasteiger partial charge in [-0.25, -0.2) is 0 Å². The molecule has 0 atom stereocenters. The zero-order valence-electron chi connectivity index (χ0n) is 7.82. The van der Waals surface area contributed by atoms with Crippen LogP contribution in [0, 0.1) is 17.3 Å². The van der Waals surface area contributed by atoms with Crippen LogP contribution in [-0.2, 0) is 0 Å². The Balaban J connectivity index is 0. The fraction of sp³-hybridized carbons (Fsp3) is 0.778. The quantitative estimate of drug-likeness (QED) is 0.648. The van der Waals surface area contributed by atoms with Gasteiger partial charge in [-0.1, -0.05) is 13.8 Å². The molecular weight excluding hydrogens is 158 g/mol. The Bertz CT molecular complexity index is 141. The van der Waals surface area contributed by atoms with E-state index in [9.17, 15) is 0 Å². The summed E-state index contributed by atoms with van der Waals surface area (Å²) in [4.78, 5) is 0. The van der Waals surface area contributed by atoms with Crippen LogP contribution in [-0.4, -0.2) is 13.6 Å². The molecule has 0 spiro atoms. The van der Waals surface area contributed by atoms with Crippen molar-refractivity contribution in [3.05, 3.63) is 0 Å². The first kappa shape index (κ1) is 13.4. The fourth-order valence-electron chi connectivity index (χ4n) is 0.869. The summed E-state index contributed by atoms with van der Waals surface area (Å²) in [6.45, 7) is 7.35. The molecule has 0 rings (SSSR count). The molecule has 0 unspecified atom stereocenters. The molecule has 0 aliphatic heterocycles. The van der Waals surface area contributed by atoms with E-state index in [2.05, 4.69) is 31.0 Å². The van der Waals surface area contributed by atoms with E-state index in [0.717, 1.165) is 13.0 Å². The van der Waals surface area contributed by atoms with Crippen molar-refractivity contribution in [3.8, 4) is 11.8 Å². The maximum absolute atomic E-state index is 3.15. The zero-order valence-corrected chi connectivity index (χ0v) is 8.64. The van der Waals surface area contributed by atoms with Gasteiger partial charge in [0.1, 0.15) is 0 Å². The van der Waals surface area contributed by atoms with Crippen LogP contribution in [0.2, 0.25) is 0 Å². The second kappa shape index (κ2) is 6.52. The summed E-state index contributed by atoms with van der Waals surface area (Å²) in [6.07, 6.45) is 0.977. The minimum Gasteiger partial charge on any atom is -0.319 e. The molecule has 0 bridgehead atoms. The summed E-state index contributed by atoms with van der Waals surface area (Å²) in [7, 11) is 1.97. The first-order valence-electron chi connectivity index (χ1n) is 3.66. The molecule has 66 valence electrons. The highest BCUT2D eigenvalue weighted by Crippen LogP contribution is 2.17. The van der Waals surface area contributed by atoms with Crippen LogP contribution in [0.4, 0.5) is 0 Å². The topological polar surface area (TPSA) is 12.0 Å². The van der Waals surface area contributed by atoms with Crippen molar-refractivity contribution in [2.45, 2.75) is 27.2 Å². The molecule has 0 amide bonds. The van der Waals surface area contributed by atoms with Crippen molar-refractivity contribution in [1.82, 2.24) is 5.32 Å². The van der Waals surface area contributed by atoms with Gasteiger partial charge in [0.25, 0.3) is 0 Å². The molecule has 1 N–H and O–H groups in total. The minimum atomic E-state index is 0. The molecule has 0 saturated heterocycles. The third kappa shape index (κ3) is 7.71. The average molecular weight is 176 g/mol. The van der Waals surface area contributed by atoms with Gasteiger partial charge in [0.05, 0.1) is 0 Å². The van der Waals surface area contributed by atoms with Crippen LogP contribution in [0.3, 0.4) is 0 Å². The second-order valence-corrected chi connectivity index (χ2v) is 3.30. The number of hydrogen-bond donors (Lipinski definition) is 1. The van der Waals surface area contributed by atoms with E-state index in [0.29, 0.717) is 5.41 Å². The largest absolute Gasteiger partial charge is 0.319 e. The fourth-order valence-corrected chi connectivity index (χ4v) is 0.869. The third-order valence-electron chi connectivity index (χ3n) is 1.40. The standard InChI is InChI=1S/C9H17N.ClH/c1-5-6-7-9(2,3)8-10-4;/h10H,7-8H2,1-4H3;1H. The molecule has 2 heteroatoms. The molecular formula is C9H18ClN. The Kier molecular flexibility index (Phi) is 7.94. The van der Waals surface area contributed by atoms with Gasteiger partial charge in [-0.15, -0.1) is 24.2 Å². The van der Waals surface area contributed by atoms with Crippen molar-refractivity contribution in [3.63, 3.8) is 0 Å². The van der Waals surface area contributed by atoms with E-state index in [4.69, 9.17) is 0 Å². The molecule has 0 aromatic rings. The van der Waals surface area contributed by atoms with E-state index in [-0.39, 0.29) is 12.4 Å². The Morgan fingerprint density at radius 1 is 1.36 bits per heavy atom. The minimum absolute atomic E-state index is 0. The smallest absolute Gasteiger partial charge is 0.0152 e. The second-order valence-electron chi connectivity index (χ2n) is 3.30. The lowest BCUT2D eigenvalue weighted by atomic mass is 9.90. The highest BCUT2D eigenvalue weighted by atomic mass is 35.5. The molecule has 0 radical (unpaired) electrons. The van der Waals surface area contributed by atoms with Gasteiger partial charge in [-0.05, 0) is 19.4 Å². The van der Waals surface area contributed by atoms with E-state index in [1.807, 2.05) is 14.0 Å². The maximum Gasteiger partial charge on any atom is 0.0152 e. The van der Waals surface area contributed by atoms with E-state index in [1.165, 1.54) is 0 Å². The normalized spacial score (nSPS) is 9.45. The molecule has 0 aliphatic carbocycles.